The van der Waals surface area contributed by atoms with Crippen LogP contribution in [0.25, 0.3) is 11.0 Å². The highest BCUT2D eigenvalue weighted by atomic mass is 35.5. The molecule has 2 N–H and O–H groups in total. The second-order valence-corrected chi connectivity index (χ2v) is 6.88. The van der Waals surface area contributed by atoms with E-state index in [1.165, 1.54) is 0 Å². The van der Waals surface area contributed by atoms with Crippen molar-refractivity contribution in [2.24, 2.45) is 0 Å². The van der Waals surface area contributed by atoms with E-state index < -0.39 is 10.8 Å². The zero-order valence-corrected chi connectivity index (χ0v) is 13.0. The summed E-state index contributed by atoms with van der Waals surface area (Å²) in [5, 5.41) is 0.933. The fourth-order valence-corrected chi connectivity index (χ4v) is 3.03. The monoisotopic (exact) mass is 319 g/mol. The van der Waals surface area contributed by atoms with E-state index in [0.717, 1.165) is 17.5 Å². The van der Waals surface area contributed by atoms with Crippen LogP contribution in [0.1, 0.15) is 19.4 Å². The number of nitrogens with zero attached hydrogens (tertiary/aromatic N) is 2. The normalized spacial score (nSPS) is 14.7. The van der Waals surface area contributed by atoms with Crippen LogP contribution in [0.5, 0.6) is 0 Å². The zero-order valence-electron chi connectivity index (χ0n) is 10.7. The molecule has 1 aromatic heterocycles. The van der Waals surface area contributed by atoms with Crippen molar-refractivity contribution in [3.05, 3.63) is 22.2 Å². The van der Waals surface area contributed by atoms with Gasteiger partial charge in [0.15, 0.2) is 0 Å². The minimum Gasteiger partial charge on any atom is -0.369 e. The predicted molar refractivity (Wildman–Crippen MR) is 82.4 cm³/mol. The third-order valence-electron chi connectivity index (χ3n) is 3.02. The van der Waals surface area contributed by atoms with E-state index in [9.17, 15) is 4.21 Å². The SMILES string of the molecule is CC(CCS(C)=O)n1c(N)nc2cc(Cl)c(Cl)cc21. The summed E-state index contributed by atoms with van der Waals surface area (Å²) in [6.07, 6.45) is 2.46. The molecule has 0 radical (unpaired) electrons. The number of anilines is 1. The maximum Gasteiger partial charge on any atom is 0.201 e. The van der Waals surface area contributed by atoms with Gasteiger partial charge in [-0.2, -0.15) is 0 Å². The minimum atomic E-state index is -0.818. The predicted octanol–water partition coefficient (Wildman–Crippen LogP) is 3.25. The molecule has 0 saturated carbocycles. The van der Waals surface area contributed by atoms with Gasteiger partial charge in [0.05, 0.1) is 21.1 Å². The highest BCUT2D eigenvalue weighted by molar-refractivity contribution is 7.84. The number of benzene rings is 1. The molecule has 2 rings (SSSR count). The zero-order chi connectivity index (χ0) is 14.2. The van der Waals surface area contributed by atoms with Crippen LogP contribution in [-0.4, -0.2) is 25.8 Å². The van der Waals surface area contributed by atoms with Crippen molar-refractivity contribution in [1.29, 1.82) is 0 Å². The number of nitrogen functional groups attached to an aromatic ring is 1. The number of imidazole rings is 1. The largest absolute Gasteiger partial charge is 0.369 e. The van der Waals surface area contributed by atoms with E-state index >= 15 is 0 Å². The highest BCUT2D eigenvalue weighted by Gasteiger charge is 2.16. The van der Waals surface area contributed by atoms with E-state index in [-0.39, 0.29) is 6.04 Å². The lowest BCUT2D eigenvalue weighted by molar-refractivity contribution is 0.552. The second-order valence-electron chi connectivity index (χ2n) is 4.51. The van der Waals surface area contributed by atoms with Crippen LogP contribution < -0.4 is 5.73 Å². The van der Waals surface area contributed by atoms with Crippen LogP contribution in [0.15, 0.2) is 12.1 Å². The number of halogens is 2. The average molecular weight is 320 g/mol. The summed E-state index contributed by atoms with van der Waals surface area (Å²) in [6.45, 7) is 2.02. The van der Waals surface area contributed by atoms with Gasteiger partial charge in [-0.15, -0.1) is 0 Å². The van der Waals surface area contributed by atoms with Gasteiger partial charge < -0.3 is 10.3 Å². The minimum absolute atomic E-state index is 0.103. The molecular formula is C12H15Cl2N3OS. The van der Waals surface area contributed by atoms with Gasteiger partial charge in [0.1, 0.15) is 0 Å². The van der Waals surface area contributed by atoms with Crippen molar-refractivity contribution < 1.29 is 4.21 Å². The summed E-state index contributed by atoms with van der Waals surface area (Å²) < 4.78 is 13.1. The molecule has 19 heavy (non-hydrogen) atoms. The average Bonchev–Trinajstić information content (AvgIpc) is 2.62. The van der Waals surface area contributed by atoms with E-state index in [1.54, 1.807) is 18.4 Å². The third kappa shape index (κ3) is 3.04. The first-order chi connectivity index (χ1) is 8.90. The summed E-state index contributed by atoms with van der Waals surface area (Å²) in [4.78, 5) is 4.29. The van der Waals surface area contributed by atoms with Crippen molar-refractivity contribution in [3.8, 4) is 0 Å². The standard InChI is InChI=1S/C12H15Cl2N3OS/c1-7(3-4-19(2)18)17-11-6-9(14)8(13)5-10(11)16-12(17)15/h5-7H,3-4H2,1-2H3,(H2,15,16). The molecule has 2 unspecified atom stereocenters. The van der Waals surface area contributed by atoms with Gasteiger partial charge in [-0.3, -0.25) is 4.21 Å². The van der Waals surface area contributed by atoms with Crippen molar-refractivity contribution in [1.82, 2.24) is 9.55 Å². The van der Waals surface area contributed by atoms with E-state index in [4.69, 9.17) is 28.9 Å². The fourth-order valence-electron chi connectivity index (χ4n) is 2.04. The Kier molecular flexibility index (Phi) is 4.38. The molecule has 2 aromatic rings. The molecule has 0 aliphatic heterocycles. The molecule has 1 heterocycles. The summed E-state index contributed by atoms with van der Waals surface area (Å²) in [5.41, 5.74) is 7.52. The van der Waals surface area contributed by atoms with E-state index in [2.05, 4.69) is 4.98 Å². The molecule has 104 valence electrons. The lowest BCUT2D eigenvalue weighted by Crippen LogP contribution is -2.11. The topological polar surface area (TPSA) is 60.9 Å². The Labute approximate surface area is 124 Å². The molecule has 0 spiro atoms. The Morgan fingerprint density at radius 3 is 2.68 bits per heavy atom. The van der Waals surface area contributed by atoms with Crippen LogP contribution in [0, 0.1) is 0 Å². The van der Waals surface area contributed by atoms with Crippen LogP contribution >= 0.6 is 23.2 Å². The van der Waals surface area contributed by atoms with Gasteiger partial charge in [-0.1, -0.05) is 23.2 Å². The number of fused-ring (bicyclic) bond motifs is 1. The summed E-state index contributed by atoms with van der Waals surface area (Å²) in [5.74, 6) is 1.05. The van der Waals surface area contributed by atoms with Crippen LogP contribution in [0.4, 0.5) is 5.95 Å². The highest BCUT2D eigenvalue weighted by Crippen LogP contribution is 2.31. The quantitative estimate of drug-likeness (QED) is 0.940. The molecule has 4 nitrogen and oxygen atoms in total. The molecule has 0 aliphatic carbocycles. The van der Waals surface area contributed by atoms with E-state index in [0.29, 0.717) is 21.7 Å². The summed E-state index contributed by atoms with van der Waals surface area (Å²) >= 11 is 12.0. The molecular weight excluding hydrogens is 305 g/mol. The number of aromatic nitrogens is 2. The van der Waals surface area contributed by atoms with Crippen molar-refractivity contribution >= 4 is 51.0 Å². The maximum absolute atomic E-state index is 11.2. The first-order valence-electron chi connectivity index (χ1n) is 5.82. The molecule has 2 atom stereocenters. The lowest BCUT2D eigenvalue weighted by atomic mass is 10.2. The Hall–Kier alpha value is -0.780. The van der Waals surface area contributed by atoms with Gasteiger partial charge >= 0.3 is 0 Å². The molecule has 0 bridgehead atoms. The number of hydrogen-bond donors (Lipinski definition) is 1. The first-order valence-corrected chi connectivity index (χ1v) is 8.31. The van der Waals surface area contributed by atoms with Gasteiger partial charge in [-0.25, -0.2) is 4.98 Å². The first kappa shape index (κ1) is 14.6. The Bertz CT molecular complexity index is 641. The molecule has 0 amide bonds. The second kappa shape index (κ2) is 5.69. The number of rotatable bonds is 4. The maximum atomic E-state index is 11.2. The fraction of sp³-hybridized carbons (Fsp3) is 0.417. The van der Waals surface area contributed by atoms with Gasteiger partial charge in [0, 0.05) is 28.9 Å². The Morgan fingerprint density at radius 2 is 2.05 bits per heavy atom. The van der Waals surface area contributed by atoms with Gasteiger partial charge in [0.25, 0.3) is 0 Å². The Balaban J connectivity index is 2.44. The Morgan fingerprint density at radius 1 is 1.42 bits per heavy atom. The van der Waals surface area contributed by atoms with Crippen LogP contribution in [-0.2, 0) is 10.8 Å². The van der Waals surface area contributed by atoms with Crippen molar-refractivity contribution in [2.75, 3.05) is 17.7 Å². The van der Waals surface area contributed by atoms with Crippen LogP contribution in [0.2, 0.25) is 10.0 Å². The van der Waals surface area contributed by atoms with Crippen molar-refractivity contribution in [3.63, 3.8) is 0 Å². The summed E-state index contributed by atoms with van der Waals surface area (Å²) in [7, 11) is -0.818. The summed E-state index contributed by atoms with van der Waals surface area (Å²) in [6, 6.07) is 3.57. The molecule has 1 aromatic carbocycles. The van der Waals surface area contributed by atoms with Crippen LogP contribution in [0.3, 0.4) is 0 Å². The molecule has 0 aliphatic rings. The number of hydrogen-bond acceptors (Lipinski definition) is 3. The van der Waals surface area contributed by atoms with Gasteiger partial charge in [0.2, 0.25) is 5.95 Å². The molecule has 7 heteroatoms. The molecule has 0 fully saturated rings. The van der Waals surface area contributed by atoms with Gasteiger partial charge in [-0.05, 0) is 25.5 Å². The lowest BCUT2D eigenvalue weighted by Gasteiger charge is -2.15. The smallest absolute Gasteiger partial charge is 0.201 e. The molecule has 0 saturated heterocycles. The van der Waals surface area contributed by atoms with E-state index in [1.807, 2.05) is 11.5 Å². The number of nitrogens with two attached hydrogens (primary N) is 1. The third-order valence-corrected chi connectivity index (χ3v) is 4.56. The van der Waals surface area contributed by atoms with Crippen molar-refractivity contribution in [2.45, 2.75) is 19.4 Å².